The van der Waals surface area contributed by atoms with Crippen LogP contribution in [0, 0.1) is 0 Å². The van der Waals surface area contributed by atoms with E-state index in [9.17, 15) is 9.59 Å². The highest BCUT2D eigenvalue weighted by Crippen LogP contribution is 1.99. The Hall–Kier alpha value is -1.18. The summed E-state index contributed by atoms with van der Waals surface area (Å²) in [7, 11) is 3.41. The molecule has 0 aromatic carbocycles. The van der Waals surface area contributed by atoms with Crippen molar-refractivity contribution in [1.82, 2.24) is 20.9 Å². The van der Waals surface area contributed by atoms with Gasteiger partial charge in [-0.3, -0.25) is 10.1 Å². The molecule has 3 N–H and O–H groups in total. The lowest BCUT2D eigenvalue weighted by Gasteiger charge is -2.27. The molecule has 0 radical (unpaired) electrons. The van der Waals surface area contributed by atoms with Crippen LogP contribution in [0.15, 0.2) is 0 Å². The summed E-state index contributed by atoms with van der Waals surface area (Å²) in [5, 5.41) is 7.82. The van der Waals surface area contributed by atoms with Crippen molar-refractivity contribution in [2.75, 3.05) is 46.9 Å². The van der Waals surface area contributed by atoms with E-state index in [2.05, 4.69) is 16.0 Å². The smallest absolute Gasteiger partial charge is 0.321 e. The predicted octanol–water partition coefficient (Wildman–Crippen LogP) is -1.25. The van der Waals surface area contributed by atoms with Crippen molar-refractivity contribution in [2.24, 2.45) is 0 Å². The molecule has 1 fully saturated rings. The van der Waals surface area contributed by atoms with Crippen LogP contribution in [-0.4, -0.2) is 69.8 Å². The summed E-state index contributed by atoms with van der Waals surface area (Å²) in [6.45, 7) is 3.85. The summed E-state index contributed by atoms with van der Waals surface area (Å²) in [6.07, 6.45) is 0.468. The second-order valence-corrected chi connectivity index (χ2v) is 4.34. The molecule has 7 nitrogen and oxygen atoms in total. The zero-order chi connectivity index (χ0) is 13.4. The molecule has 0 spiro atoms. The highest BCUT2D eigenvalue weighted by molar-refractivity contribution is 5.94. The lowest BCUT2D eigenvalue weighted by Crippen LogP contribution is -2.45. The Morgan fingerprint density at radius 1 is 1.50 bits per heavy atom. The van der Waals surface area contributed by atoms with Gasteiger partial charge >= 0.3 is 6.03 Å². The van der Waals surface area contributed by atoms with Gasteiger partial charge in [-0.2, -0.15) is 0 Å². The molecule has 1 atom stereocenters. The summed E-state index contributed by atoms with van der Waals surface area (Å²) in [4.78, 5) is 24.3. The molecule has 0 aliphatic carbocycles. The zero-order valence-corrected chi connectivity index (χ0v) is 11.0. The number of hydrogen-bond donors (Lipinski definition) is 3. The number of rotatable bonds is 5. The molecule has 1 unspecified atom stereocenters. The molecule has 0 aromatic heterocycles. The Morgan fingerprint density at radius 2 is 2.28 bits per heavy atom. The van der Waals surface area contributed by atoms with Gasteiger partial charge in [0.1, 0.15) is 0 Å². The van der Waals surface area contributed by atoms with E-state index >= 15 is 0 Å². The molecule has 1 rings (SSSR count). The molecule has 104 valence electrons. The largest absolute Gasteiger partial charge is 0.374 e. The number of urea groups is 1. The van der Waals surface area contributed by atoms with Gasteiger partial charge in [0.25, 0.3) is 0 Å². The fraction of sp³-hybridized carbons (Fsp3) is 0.818. The van der Waals surface area contributed by atoms with Crippen molar-refractivity contribution >= 4 is 11.9 Å². The summed E-state index contributed by atoms with van der Waals surface area (Å²) in [5.74, 6) is -0.274. The summed E-state index contributed by atoms with van der Waals surface area (Å²) < 4.78 is 5.57. The number of nitrogens with zero attached hydrogens (tertiary/aromatic N) is 1. The predicted molar refractivity (Wildman–Crippen MR) is 67.3 cm³/mol. The van der Waals surface area contributed by atoms with Crippen LogP contribution in [0.2, 0.25) is 0 Å². The van der Waals surface area contributed by atoms with Crippen LogP contribution in [0.4, 0.5) is 4.79 Å². The summed E-state index contributed by atoms with van der Waals surface area (Å²) in [5.41, 5.74) is 0. The molecular formula is C11H22N4O3. The van der Waals surface area contributed by atoms with E-state index < -0.39 is 6.03 Å². The highest BCUT2D eigenvalue weighted by Gasteiger charge is 2.16. The molecular weight excluding hydrogens is 236 g/mol. The SMILES string of the molecule is CNC(=O)NC(=O)CCN(C)CC1CNCCO1. The van der Waals surface area contributed by atoms with Crippen LogP contribution in [-0.2, 0) is 9.53 Å². The first-order valence-electron chi connectivity index (χ1n) is 6.14. The molecule has 7 heteroatoms. The third kappa shape index (κ3) is 5.95. The van der Waals surface area contributed by atoms with Crippen LogP contribution in [0.5, 0.6) is 0 Å². The van der Waals surface area contributed by atoms with Crippen LogP contribution in [0.25, 0.3) is 0 Å². The Kier molecular flexibility index (Phi) is 6.63. The van der Waals surface area contributed by atoms with Gasteiger partial charge in [-0.05, 0) is 7.05 Å². The Labute approximate surface area is 107 Å². The van der Waals surface area contributed by atoms with Gasteiger partial charge in [-0.1, -0.05) is 0 Å². The van der Waals surface area contributed by atoms with Crippen LogP contribution in [0.3, 0.4) is 0 Å². The monoisotopic (exact) mass is 258 g/mol. The molecule has 0 saturated carbocycles. The normalized spacial score (nSPS) is 19.6. The second-order valence-electron chi connectivity index (χ2n) is 4.34. The van der Waals surface area contributed by atoms with E-state index in [-0.39, 0.29) is 12.0 Å². The average Bonchev–Trinajstić information content (AvgIpc) is 2.37. The third-order valence-corrected chi connectivity index (χ3v) is 2.72. The fourth-order valence-electron chi connectivity index (χ4n) is 1.72. The number of ether oxygens (including phenoxy) is 1. The minimum Gasteiger partial charge on any atom is -0.374 e. The quantitative estimate of drug-likeness (QED) is 0.574. The van der Waals surface area contributed by atoms with Gasteiger partial charge in [0.15, 0.2) is 0 Å². The number of likely N-dealkylation sites (N-methyl/N-ethyl adjacent to an activating group) is 1. The van der Waals surface area contributed by atoms with E-state index in [0.29, 0.717) is 13.0 Å². The Balaban J connectivity index is 2.13. The van der Waals surface area contributed by atoms with Crippen molar-refractivity contribution in [2.45, 2.75) is 12.5 Å². The van der Waals surface area contributed by atoms with Crippen LogP contribution < -0.4 is 16.0 Å². The first-order valence-corrected chi connectivity index (χ1v) is 6.14. The van der Waals surface area contributed by atoms with E-state index in [0.717, 1.165) is 26.2 Å². The molecule has 1 aliphatic rings. The van der Waals surface area contributed by atoms with E-state index in [4.69, 9.17) is 4.74 Å². The molecule has 1 saturated heterocycles. The molecule has 1 heterocycles. The first kappa shape index (κ1) is 14.9. The molecule has 18 heavy (non-hydrogen) atoms. The number of carbonyl (C=O) groups is 2. The van der Waals surface area contributed by atoms with Gasteiger partial charge < -0.3 is 20.3 Å². The Bertz CT molecular complexity index is 279. The number of imide groups is 1. The van der Waals surface area contributed by atoms with E-state index in [1.807, 2.05) is 11.9 Å². The summed E-state index contributed by atoms with van der Waals surface area (Å²) >= 11 is 0. The standard InChI is InChI=1S/C11H22N4O3/c1-12-11(17)14-10(16)3-5-15(2)8-9-7-13-4-6-18-9/h9,13H,3-8H2,1-2H3,(H2,12,14,16,17). The van der Waals surface area contributed by atoms with Crippen LogP contribution >= 0.6 is 0 Å². The molecule has 3 amide bonds. The summed E-state index contributed by atoms with van der Waals surface area (Å²) in [6, 6.07) is -0.470. The lowest BCUT2D eigenvalue weighted by molar-refractivity contribution is -0.120. The van der Waals surface area contributed by atoms with Gasteiger partial charge in [0, 0.05) is 39.6 Å². The van der Waals surface area contributed by atoms with Crippen molar-refractivity contribution in [1.29, 1.82) is 0 Å². The molecule has 0 aromatic rings. The lowest BCUT2D eigenvalue weighted by atomic mass is 10.2. The third-order valence-electron chi connectivity index (χ3n) is 2.72. The number of nitrogens with one attached hydrogen (secondary N) is 3. The van der Waals surface area contributed by atoms with Gasteiger partial charge in [-0.25, -0.2) is 4.79 Å². The topological polar surface area (TPSA) is 82.7 Å². The van der Waals surface area contributed by atoms with Crippen molar-refractivity contribution in [3.8, 4) is 0 Å². The fourth-order valence-corrected chi connectivity index (χ4v) is 1.72. The molecule has 1 aliphatic heterocycles. The van der Waals surface area contributed by atoms with Gasteiger partial charge in [0.2, 0.25) is 5.91 Å². The van der Waals surface area contributed by atoms with E-state index in [1.54, 1.807) is 0 Å². The minimum absolute atomic E-state index is 0.172. The van der Waals surface area contributed by atoms with Crippen molar-refractivity contribution in [3.05, 3.63) is 0 Å². The van der Waals surface area contributed by atoms with Gasteiger partial charge in [0.05, 0.1) is 12.7 Å². The number of hydrogen-bond acceptors (Lipinski definition) is 5. The minimum atomic E-state index is -0.470. The second kappa shape index (κ2) is 8.02. The molecule has 0 bridgehead atoms. The van der Waals surface area contributed by atoms with Crippen molar-refractivity contribution < 1.29 is 14.3 Å². The zero-order valence-electron chi connectivity index (χ0n) is 11.0. The Morgan fingerprint density at radius 3 is 2.89 bits per heavy atom. The van der Waals surface area contributed by atoms with E-state index in [1.165, 1.54) is 7.05 Å². The first-order chi connectivity index (χ1) is 8.61. The average molecular weight is 258 g/mol. The number of amides is 3. The van der Waals surface area contributed by atoms with Gasteiger partial charge in [-0.15, -0.1) is 0 Å². The maximum absolute atomic E-state index is 11.4. The maximum Gasteiger partial charge on any atom is 0.321 e. The number of morpholine rings is 1. The highest BCUT2D eigenvalue weighted by atomic mass is 16.5. The maximum atomic E-state index is 11.4. The van der Waals surface area contributed by atoms with Crippen molar-refractivity contribution in [3.63, 3.8) is 0 Å². The van der Waals surface area contributed by atoms with Crippen LogP contribution in [0.1, 0.15) is 6.42 Å². The number of carbonyl (C=O) groups excluding carboxylic acids is 2.